The zero-order valence-corrected chi connectivity index (χ0v) is 18.8. The van der Waals surface area contributed by atoms with E-state index in [0.717, 1.165) is 26.1 Å². The molecule has 3 rings (SSSR count). The van der Waals surface area contributed by atoms with Gasteiger partial charge in [-0.3, -0.25) is 9.80 Å². The lowest BCUT2D eigenvalue weighted by Gasteiger charge is -2.38. The molecular formula is C23H35F3N4O. The standard InChI is InChI=1S/C23H35F3N4O/c1-22(2,3)20(15-29-11-9-18-6-4-5-7-19(18)14-29)28-21(31)27-12-17-8-10-30(13-17)16-23(24,25)26/h4-7,17,20H,8-16H2,1-3H3,(H2,27,28,31)/t17-,20+/m0/s1. The molecule has 0 bridgehead atoms. The third-order valence-corrected chi connectivity index (χ3v) is 6.33. The van der Waals surface area contributed by atoms with E-state index in [2.05, 4.69) is 60.6 Å². The van der Waals surface area contributed by atoms with Gasteiger partial charge in [0.25, 0.3) is 0 Å². The molecule has 0 radical (unpaired) electrons. The first kappa shape index (κ1) is 23.9. The molecule has 2 aliphatic rings. The molecule has 2 amide bonds. The molecule has 31 heavy (non-hydrogen) atoms. The minimum absolute atomic E-state index is 0.0388. The molecule has 0 aromatic heterocycles. The van der Waals surface area contributed by atoms with E-state index < -0.39 is 12.7 Å². The summed E-state index contributed by atoms with van der Waals surface area (Å²) in [6.07, 6.45) is -2.49. The molecular weight excluding hydrogens is 405 g/mol. The number of carbonyl (C=O) groups is 1. The fraction of sp³-hybridized carbons (Fsp3) is 0.696. The van der Waals surface area contributed by atoms with Crippen molar-refractivity contribution in [1.29, 1.82) is 0 Å². The van der Waals surface area contributed by atoms with Crippen molar-refractivity contribution in [2.24, 2.45) is 11.3 Å². The zero-order valence-electron chi connectivity index (χ0n) is 18.8. The lowest BCUT2D eigenvalue weighted by Crippen LogP contribution is -2.54. The highest BCUT2D eigenvalue weighted by Gasteiger charge is 2.34. The number of nitrogens with one attached hydrogen (secondary N) is 2. The fourth-order valence-electron chi connectivity index (χ4n) is 4.43. The van der Waals surface area contributed by atoms with Crippen LogP contribution in [0.15, 0.2) is 24.3 Å². The molecule has 2 aliphatic heterocycles. The first-order valence-corrected chi connectivity index (χ1v) is 11.1. The molecule has 0 unspecified atom stereocenters. The number of hydrogen-bond donors (Lipinski definition) is 2. The van der Waals surface area contributed by atoms with Crippen LogP contribution in [0.1, 0.15) is 38.3 Å². The van der Waals surface area contributed by atoms with E-state index in [1.54, 1.807) is 0 Å². The molecule has 0 aliphatic carbocycles. The second kappa shape index (κ2) is 9.77. The van der Waals surface area contributed by atoms with Gasteiger partial charge in [0.1, 0.15) is 0 Å². The fourth-order valence-corrected chi connectivity index (χ4v) is 4.43. The van der Waals surface area contributed by atoms with Gasteiger partial charge in [-0.05, 0) is 41.8 Å². The number of halogens is 3. The Labute approximate surface area is 183 Å². The molecule has 174 valence electrons. The van der Waals surface area contributed by atoms with Gasteiger partial charge in [0, 0.05) is 38.8 Å². The van der Waals surface area contributed by atoms with Gasteiger partial charge < -0.3 is 10.6 Å². The van der Waals surface area contributed by atoms with E-state index in [-0.39, 0.29) is 23.4 Å². The van der Waals surface area contributed by atoms with Crippen molar-refractivity contribution in [1.82, 2.24) is 20.4 Å². The topological polar surface area (TPSA) is 47.6 Å². The Balaban J connectivity index is 1.47. The molecule has 1 aromatic rings. The van der Waals surface area contributed by atoms with Crippen molar-refractivity contribution < 1.29 is 18.0 Å². The van der Waals surface area contributed by atoms with Crippen LogP contribution in [-0.4, -0.2) is 67.3 Å². The summed E-state index contributed by atoms with van der Waals surface area (Å²) in [5.41, 5.74) is 2.62. The maximum absolute atomic E-state index is 12.6. The monoisotopic (exact) mass is 440 g/mol. The molecule has 2 heterocycles. The van der Waals surface area contributed by atoms with Gasteiger partial charge in [-0.25, -0.2) is 4.79 Å². The van der Waals surface area contributed by atoms with Crippen molar-refractivity contribution in [3.8, 4) is 0 Å². The summed E-state index contributed by atoms with van der Waals surface area (Å²) in [5, 5.41) is 6.00. The average molecular weight is 441 g/mol. The molecule has 1 fully saturated rings. The number of benzene rings is 1. The zero-order chi connectivity index (χ0) is 22.6. The third-order valence-electron chi connectivity index (χ3n) is 6.33. The Kier molecular flexibility index (Phi) is 7.52. The Morgan fingerprint density at radius 2 is 1.84 bits per heavy atom. The van der Waals surface area contributed by atoms with Crippen molar-refractivity contribution in [2.45, 2.75) is 52.4 Å². The number of rotatable bonds is 6. The normalized spacial score (nSPS) is 21.5. The Morgan fingerprint density at radius 1 is 1.13 bits per heavy atom. The van der Waals surface area contributed by atoms with Crippen LogP contribution in [0.5, 0.6) is 0 Å². The molecule has 2 atom stereocenters. The predicted octanol–water partition coefficient (Wildman–Crippen LogP) is 3.64. The largest absolute Gasteiger partial charge is 0.401 e. The summed E-state index contributed by atoms with van der Waals surface area (Å²) < 4.78 is 37.7. The lowest BCUT2D eigenvalue weighted by atomic mass is 9.86. The van der Waals surface area contributed by atoms with Crippen LogP contribution in [0.3, 0.4) is 0 Å². The molecule has 0 saturated carbocycles. The number of amides is 2. The smallest absolute Gasteiger partial charge is 0.338 e. The number of fused-ring (bicyclic) bond motifs is 1. The quantitative estimate of drug-likeness (QED) is 0.710. The van der Waals surface area contributed by atoms with E-state index in [1.807, 2.05) is 0 Å². The van der Waals surface area contributed by atoms with Gasteiger partial charge in [-0.2, -0.15) is 13.2 Å². The maximum atomic E-state index is 12.6. The van der Waals surface area contributed by atoms with Crippen LogP contribution in [0.4, 0.5) is 18.0 Å². The molecule has 8 heteroatoms. The number of likely N-dealkylation sites (tertiary alicyclic amines) is 1. The van der Waals surface area contributed by atoms with Crippen molar-refractivity contribution >= 4 is 6.03 Å². The van der Waals surface area contributed by atoms with Crippen LogP contribution in [0.25, 0.3) is 0 Å². The number of hydrogen-bond acceptors (Lipinski definition) is 3. The van der Waals surface area contributed by atoms with Crippen LogP contribution in [0, 0.1) is 11.3 Å². The SMILES string of the molecule is CC(C)(C)[C@@H](CN1CCc2ccccc2C1)NC(=O)NC[C@@H]1CCN(CC(F)(F)F)C1. The molecule has 1 saturated heterocycles. The minimum atomic E-state index is -4.17. The molecule has 0 spiro atoms. The number of carbonyl (C=O) groups excluding carboxylic acids is 1. The predicted molar refractivity (Wildman–Crippen MR) is 116 cm³/mol. The highest BCUT2D eigenvalue weighted by atomic mass is 19.4. The highest BCUT2D eigenvalue weighted by molar-refractivity contribution is 5.74. The first-order chi connectivity index (χ1) is 14.5. The number of urea groups is 1. The second-order valence-corrected chi connectivity index (χ2v) is 10.0. The van der Waals surface area contributed by atoms with Gasteiger partial charge in [0.2, 0.25) is 0 Å². The Morgan fingerprint density at radius 3 is 2.52 bits per heavy atom. The Bertz CT molecular complexity index is 747. The van der Waals surface area contributed by atoms with E-state index in [1.165, 1.54) is 16.0 Å². The van der Waals surface area contributed by atoms with Crippen LogP contribution < -0.4 is 10.6 Å². The number of alkyl halides is 3. The molecule has 5 nitrogen and oxygen atoms in total. The van der Waals surface area contributed by atoms with Gasteiger partial charge in [0.15, 0.2) is 0 Å². The lowest BCUT2D eigenvalue weighted by molar-refractivity contribution is -0.143. The Hall–Kier alpha value is -1.80. The molecule has 2 N–H and O–H groups in total. The third kappa shape index (κ3) is 7.38. The van der Waals surface area contributed by atoms with E-state index >= 15 is 0 Å². The van der Waals surface area contributed by atoms with Crippen molar-refractivity contribution in [3.05, 3.63) is 35.4 Å². The number of nitrogens with zero attached hydrogens (tertiary/aromatic N) is 2. The summed E-state index contributed by atoms with van der Waals surface area (Å²) in [7, 11) is 0. The first-order valence-electron chi connectivity index (χ1n) is 11.1. The van der Waals surface area contributed by atoms with Crippen molar-refractivity contribution in [3.63, 3.8) is 0 Å². The van der Waals surface area contributed by atoms with Gasteiger partial charge in [0.05, 0.1) is 6.54 Å². The summed E-state index contributed by atoms with van der Waals surface area (Å²) >= 11 is 0. The second-order valence-electron chi connectivity index (χ2n) is 10.0. The van der Waals surface area contributed by atoms with E-state index in [4.69, 9.17) is 0 Å². The maximum Gasteiger partial charge on any atom is 0.401 e. The van der Waals surface area contributed by atoms with E-state index in [9.17, 15) is 18.0 Å². The minimum Gasteiger partial charge on any atom is -0.338 e. The summed E-state index contributed by atoms with van der Waals surface area (Å²) in [5.74, 6) is 0.0554. The highest BCUT2D eigenvalue weighted by Crippen LogP contribution is 2.25. The van der Waals surface area contributed by atoms with E-state index in [0.29, 0.717) is 26.1 Å². The van der Waals surface area contributed by atoms with Crippen molar-refractivity contribution in [2.75, 3.05) is 39.3 Å². The van der Waals surface area contributed by atoms with Gasteiger partial charge >= 0.3 is 12.2 Å². The van der Waals surface area contributed by atoms with Gasteiger partial charge in [-0.15, -0.1) is 0 Å². The average Bonchev–Trinajstić information content (AvgIpc) is 3.10. The summed E-state index contributed by atoms with van der Waals surface area (Å²) in [6, 6.07) is 8.20. The van der Waals surface area contributed by atoms with Gasteiger partial charge in [-0.1, -0.05) is 45.0 Å². The van der Waals surface area contributed by atoms with Crippen LogP contribution >= 0.6 is 0 Å². The van der Waals surface area contributed by atoms with Crippen LogP contribution in [-0.2, 0) is 13.0 Å². The summed E-state index contributed by atoms with van der Waals surface area (Å²) in [4.78, 5) is 16.4. The summed E-state index contributed by atoms with van der Waals surface area (Å²) in [6.45, 7) is 9.26. The molecule has 1 aromatic carbocycles. The van der Waals surface area contributed by atoms with Crippen LogP contribution in [0.2, 0.25) is 0 Å².